The number of hydrogen-bond acceptors (Lipinski definition) is 4. The Morgan fingerprint density at radius 3 is 2.50 bits per heavy atom. The quantitative estimate of drug-likeness (QED) is 0.841. The summed E-state index contributed by atoms with van der Waals surface area (Å²) < 4.78 is 0. The van der Waals surface area contributed by atoms with Gasteiger partial charge in [0.2, 0.25) is 0 Å². The lowest BCUT2D eigenvalue weighted by atomic mass is 9.57. The van der Waals surface area contributed by atoms with E-state index in [1.807, 2.05) is 24.3 Å². The average Bonchev–Trinajstić information content (AvgIpc) is 2.62. The fraction of sp³-hybridized carbons (Fsp3) is 0.316. The molecule has 118 valence electrons. The van der Waals surface area contributed by atoms with Gasteiger partial charge in [-0.1, -0.05) is 35.9 Å². The molecule has 0 fully saturated rings. The van der Waals surface area contributed by atoms with E-state index in [1.165, 1.54) is 0 Å². The van der Waals surface area contributed by atoms with Gasteiger partial charge in [0.1, 0.15) is 6.07 Å². The van der Waals surface area contributed by atoms with Crippen molar-refractivity contribution < 1.29 is 0 Å². The van der Waals surface area contributed by atoms with Crippen LogP contribution in [0.15, 0.2) is 47.2 Å². The molecule has 1 aromatic carbocycles. The lowest BCUT2D eigenvalue weighted by Gasteiger charge is -2.43. The van der Waals surface area contributed by atoms with Crippen LogP contribution in [0.25, 0.3) is 0 Å². The molecule has 5 heteroatoms. The predicted octanol–water partition coefficient (Wildman–Crippen LogP) is 3.93. The summed E-state index contributed by atoms with van der Waals surface area (Å²) in [6.45, 7) is 0. The predicted molar refractivity (Wildman–Crippen MR) is 90.1 cm³/mol. The molecule has 24 heavy (non-hydrogen) atoms. The number of rotatable bonds is 1. The first kappa shape index (κ1) is 16.1. The van der Waals surface area contributed by atoms with Gasteiger partial charge in [0, 0.05) is 10.9 Å². The van der Waals surface area contributed by atoms with Crippen LogP contribution in [0, 0.1) is 45.3 Å². The largest absolute Gasteiger partial charge is 0.399 e. The van der Waals surface area contributed by atoms with E-state index in [0.29, 0.717) is 5.02 Å². The van der Waals surface area contributed by atoms with Gasteiger partial charge in [-0.15, -0.1) is 0 Å². The highest BCUT2D eigenvalue weighted by molar-refractivity contribution is 6.31. The lowest BCUT2D eigenvalue weighted by Crippen LogP contribution is -2.42. The molecule has 1 aromatic rings. The molecule has 2 N–H and O–H groups in total. The normalized spacial score (nSPS) is 24.8. The Bertz CT molecular complexity index is 862. The van der Waals surface area contributed by atoms with E-state index < -0.39 is 11.3 Å². The van der Waals surface area contributed by atoms with Crippen molar-refractivity contribution in [1.82, 2.24) is 0 Å². The van der Waals surface area contributed by atoms with Gasteiger partial charge in [-0.25, -0.2) is 0 Å². The summed E-state index contributed by atoms with van der Waals surface area (Å²) >= 11 is 6.39. The zero-order valence-electron chi connectivity index (χ0n) is 13.0. The zero-order valence-corrected chi connectivity index (χ0v) is 13.7. The molecule has 2 aliphatic rings. The third-order valence-corrected chi connectivity index (χ3v) is 5.38. The van der Waals surface area contributed by atoms with Crippen molar-refractivity contribution in [1.29, 1.82) is 15.8 Å². The van der Waals surface area contributed by atoms with Crippen LogP contribution in [0.2, 0.25) is 5.02 Å². The summed E-state index contributed by atoms with van der Waals surface area (Å²) in [6, 6.07) is 13.6. The van der Waals surface area contributed by atoms with Crippen molar-refractivity contribution >= 4 is 11.6 Å². The van der Waals surface area contributed by atoms with Crippen LogP contribution in [-0.4, -0.2) is 0 Å². The van der Waals surface area contributed by atoms with Crippen LogP contribution in [0.1, 0.15) is 30.7 Å². The molecule has 0 aliphatic heterocycles. The molecule has 0 radical (unpaired) electrons. The third kappa shape index (κ3) is 2.10. The first-order valence-corrected chi connectivity index (χ1v) is 8.16. The molecule has 0 unspecified atom stereocenters. The van der Waals surface area contributed by atoms with E-state index >= 15 is 0 Å². The molecule has 2 atom stereocenters. The average molecular weight is 335 g/mol. The van der Waals surface area contributed by atoms with Gasteiger partial charge in [0.15, 0.2) is 5.41 Å². The third-order valence-electron chi connectivity index (χ3n) is 5.04. The first-order valence-electron chi connectivity index (χ1n) is 7.78. The van der Waals surface area contributed by atoms with Gasteiger partial charge in [-0.2, -0.15) is 15.8 Å². The van der Waals surface area contributed by atoms with E-state index in [-0.39, 0.29) is 17.2 Å². The van der Waals surface area contributed by atoms with Gasteiger partial charge in [0.05, 0.1) is 23.4 Å². The molecule has 0 saturated carbocycles. The minimum atomic E-state index is -1.59. The standard InChI is InChI=1S/C19H15ClN4/c20-16-8-4-3-7-14(16)17-13-6-2-1-5-12(13)15(9-21)18(24)19(17,10-22)11-23/h3-5,7-8,13,17H,1-2,6,24H2/t13-,17+/m1/s1. The SMILES string of the molecule is N#CC1=C(N)C(C#N)(C#N)[C@H](c2ccccc2Cl)[C@@H]2CCCC=C12. The van der Waals surface area contributed by atoms with Gasteiger partial charge in [0.25, 0.3) is 0 Å². The second-order valence-corrected chi connectivity index (χ2v) is 6.54. The lowest BCUT2D eigenvalue weighted by molar-refractivity contribution is 0.317. The minimum Gasteiger partial charge on any atom is -0.399 e. The molecule has 0 bridgehead atoms. The number of nitrogens with zero attached hydrogens (tertiary/aromatic N) is 3. The van der Waals surface area contributed by atoms with E-state index in [4.69, 9.17) is 17.3 Å². The Morgan fingerprint density at radius 1 is 1.17 bits per heavy atom. The molecular formula is C19H15ClN4. The molecular weight excluding hydrogens is 320 g/mol. The minimum absolute atomic E-state index is 0.0457. The molecule has 0 saturated heterocycles. The van der Waals surface area contributed by atoms with E-state index in [9.17, 15) is 15.8 Å². The summed E-state index contributed by atoms with van der Waals surface area (Å²) in [7, 11) is 0. The van der Waals surface area contributed by atoms with Crippen LogP contribution in [0.5, 0.6) is 0 Å². The Labute approximate surface area is 146 Å². The smallest absolute Gasteiger partial charge is 0.191 e. The maximum Gasteiger partial charge on any atom is 0.191 e. The topological polar surface area (TPSA) is 97.4 Å². The van der Waals surface area contributed by atoms with E-state index in [2.05, 4.69) is 18.2 Å². The molecule has 4 nitrogen and oxygen atoms in total. The molecule has 0 spiro atoms. The highest BCUT2D eigenvalue weighted by Gasteiger charge is 2.54. The Kier molecular flexibility index (Phi) is 4.06. The van der Waals surface area contributed by atoms with Crippen LogP contribution < -0.4 is 5.73 Å². The molecule has 0 aromatic heterocycles. The molecule has 0 amide bonds. The number of nitrogens with two attached hydrogens (primary N) is 1. The summed E-state index contributed by atoms with van der Waals surface area (Å²) in [6.07, 6.45) is 4.62. The molecule has 2 aliphatic carbocycles. The van der Waals surface area contributed by atoms with Crippen molar-refractivity contribution in [3.63, 3.8) is 0 Å². The van der Waals surface area contributed by atoms with Crippen molar-refractivity contribution in [2.45, 2.75) is 25.2 Å². The highest BCUT2D eigenvalue weighted by atomic mass is 35.5. The van der Waals surface area contributed by atoms with Crippen molar-refractivity contribution in [3.05, 3.63) is 57.8 Å². The van der Waals surface area contributed by atoms with Crippen LogP contribution in [0.4, 0.5) is 0 Å². The van der Waals surface area contributed by atoms with Crippen LogP contribution >= 0.6 is 11.6 Å². The summed E-state index contributed by atoms with van der Waals surface area (Å²) in [5, 5.41) is 29.8. The van der Waals surface area contributed by atoms with Crippen LogP contribution in [0.3, 0.4) is 0 Å². The number of benzene rings is 1. The van der Waals surface area contributed by atoms with Gasteiger partial charge in [-0.3, -0.25) is 0 Å². The van der Waals surface area contributed by atoms with Crippen molar-refractivity contribution in [2.75, 3.05) is 0 Å². The number of halogens is 1. The zero-order chi connectivity index (χ0) is 17.3. The summed E-state index contributed by atoms with van der Waals surface area (Å²) in [4.78, 5) is 0. The molecule has 0 heterocycles. The second-order valence-electron chi connectivity index (χ2n) is 6.13. The summed E-state index contributed by atoms with van der Waals surface area (Å²) in [5.41, 5.74) is 6.53. The summed E-state index contributed by atoms with van der Waals surface area (Å²) in [5.74, 6) is -0.593. The molecule has 3 rings (SSSR count). The van der Waals surface area contributed by atoms with Crippen LogP contribution in [-0.2, 0) is 0 Å². The number of fused-ring (bicyclic) bond motifs is 1. The van der Waals surface area contributed by atoms with Gasteiger partial charge >= 0.3 is 0 Å². The van der Waals surface area contributed by atoms with E-state index in [1.54, 1.807) is 6.07 Å². The fourth-order valence-corrected chi connectivity index (χ4v) is 4.20. The van der Waals surface area contributed by atoms with Gasteiger partial charge in [-0.05, 0) is 42.4 Å². The number of allylic oxidation sites excluding steroid dienone is 4. The Balaban J connectivity index is 2.37. The van der Waals surface area contributed by atoms with E-state index in [0.717, 1.165) is 30.4 Å². The Hall–Kier alpha value is -2.74. The van der Waals surface area contributed by atoms with Crippen molar-refractivity contribution in [2.24, 2.45) is 17.1 Å². The second kappa shape index (κ2) is 6.04. The first-order chi connectivity index (χ1) is 11.6. The number of nitriles is 3. The monoisotopic (exact) mass is 334 g/mol. The number of hydrogen-bond donors (Lipinski definition) is 1. The van der Waals surface area contributed by atoms with Gasteiger partial charge < -0.3 is 5.73 Å². The Morgan fingerprint density at radius 2 is 1.88 bits per heavy atom. The maximum absolute atomic E-state index is 9.88. The van der Waals surface area contributed by atoms with Crippen molar-refractivity contribution in [3.8, 4) is 18.2 Å². The fourth-order valence-electron chi connectivity index (χ4n) is 3.94. The highest BCUT2D eigenvalue weighted by Crippen LogP contribution is 2.56. The maximum atomic E-state index is 9.88.